The second-order valence-electron chi connectivity index (χ2n) is 4.57. The first-order valence-electron chi connectivity index (χ1n) is 6.46. The fourth-order valence-corrected chi connectivity index (χ4v) is 5.25. The summed E-state index contributed by atoms with van der Waals surface area (Å²) in [5.74, 6) is 0.0317. The van der Waals surface area contributed by atoms with Gasteiger partial charge in [0, 0.05) is 6.61 Å². The molecule has 1 aliphatic rings. The zero-order chi connectivity index (χ0) is 12.1. The smallest absolute Gasteiger partial charge is 0.208 e. The molecule has 2 unspecified atom stereocenters. The highest BCUT2D eigenvalue weighted by molar-refractivity contribution is 6.68. The van der Waals surface area contributed by atoms with E-state index in [-0.39, 0.29) is 5.92 Å². The first-order valence-corrected chi connectivity index (χ1v) is 8.33. The van der Waals surface area contributed by atoms with Crippen molar-refractivity contribution in [3.63, 3.8) is 0 Å². The molecule has 0 N–H and O–H groups in total. The Kier molecular flexibility index (Phi) is 4.35. The van der Waals surface area contributed by atoms with Gasteiger partial charge in [-0.25, -0.2) is 0 Å². The minimum absolute atomic E-state index is 0.0317. The average Bonchev–Trinajstić information content (AvgIpc) is 2.42. The molecule has 2 nitrogen and oxygen atoms in total. The molecule has 90 valence electrons. The number of benzene rings is 1. The van der Waals surface area contributed by atoms with E-state index < -0.39 is 9.04 Å². The van der Waals surface area contributed by atoms with Crippen molar-refractivity contribution in [3.05, 3.63) is 29.8 Å². The zero-order valence-corrected chi connectivity index (χ0v) is 11.5. The summed E-state index contributed by atoms with van der Waals surface area (Å²) < 4.78 is 5.97. The Morgan fingerprint density at radius 1 is 1.41 bits per heavy atom. The summed E-state index contributed by atoms with van der Waals surface area (Å²) >= 11 is 0. The lowest BCUT2D eigenvalue weighted by molar-refractivity contribution is 0.294. The molecule has 0 aromatic heterocycles. The molecule has 0 saturated carbocycles. The third kappa shape index (κ3) is 2.77. The van der Waals surface area contributed by atoms with Crippen LogP contribution in [0.4, 0.5) is 0 Å². The standard InChI is InChI=1S/C14H19NOSi/c1-2-12(11-15)13-7-3-4-8-14(13)17-10-6-5-9-16-17/h3-4,7-8,12,17H,2,5-6,9-10H2,1H3. The number of nitriles is 1. The highest BCUT2D eigenvalue weighted by Gasteiger charge is 2.23. The molecule has 1 saturated heterocycles. The van der Waals surface area contributed by atoms with E-state index in [9.17, 15) is 5.26 Å². The van der Waals surface area contributed by atoms with Crippen LogP contribution in [-0.4, -0.2) is 15.6 Å². The SMILES string of the molecule is CCC(C#N)c1ccccc1[SiH]1CCCCO1. The molecule has 0 aliphatic carbocycles. The van der Waals surface area contributed by atoms with Crippen LogP contribution in [0.15, 0.2) is 24.3 Å². The molecular formula is C14H19NOSi. The molecule has 0 bridgehead atoms. The Morgan fingerprint density at radius 3 is 2.88 bits per heavy atom. The van der Waals surface area contributed by atoms with Crippen molar-refractivity contribution >= 4 is 14.2 Å². The fourth-order valence-electron chi connectivity index (χ4n) is 2.49. The van der Waals surface area contributed by atoms with Crippen LogP contribution in [0.2, 0.25) is 6.04 Å². The zero-order valence-electron chi connectivity index (χ0n) is 10.4. The average molecular weight is 245 g/mol. The van der Waals surface area contributed by atoms with Gasteiger partial charge in [0.15, 0.2) is 0 Å². The lowest BCUT2D eigenvalue weighted by Gasteiger charge is -2.24. The molecule has 1 heterocycles. The summed E-state index contributed by atoms with van der Waals surface area (Å²) in [5, 5.41) is 10.6. The number of nitrogens with zero attached hydrogens (tertiary/aromatic N) is 1. The number of rotatable bonds is 3. The van der Waals surface area contributed by atoms with E-state index >= 15 is 0 Å². The molecule has 1 aliphatic heterocycles. The van der Waals surface area contributed by atoms with Gasteiger partial charge < -0.3 is 4.43 Å². The van der Waals surface area contributed by atoms with E-state index in [4.69, 9.17) is 4.43 Å². The topological polar surface area (TPSA) is 33.0 Å². The van der Waals surface area contributed by atoms with Crippen LogP contribution in [0.3, 0.4) is 0 Å². The van der Waals surface area contributed by atoms with Gasteiger partial charge in [-0.2, -0.15) is 5.26 Å². The lowest BCUT2D eigenvalue weighted by Crippen LogP contribution is -2.39. The summed E-state index contributed by atoms with van der Waals surface area (Å²) in [6.07, 6.45) is 3.37. The van der Waals surface area contributed by atoms with Gasteiger partial charge in [0.2, 0.25) is 9.04 Å². The third-order valence-corrected chi connectivity index (χ3v) is 6.25. The van der Waals surface area contributed by atoms with E-state index in [1.54, 1.807) is 0 Å². The predicted molar refractivity (Wildman–Crippen MR) is 71.9 cm³/mol. The lowest BCUT2D eigenvalue weighted by atomic mass is 9.98. The molecule has 1 aromatic rings. The largest absolute Gasteiger partial charge is 0.415 e. The molecular weight excluding hydrogens is 226 g/mol. The summed E-state index contributed by atoms with van der Waals surface area (Å²) in [5.41, 5.74) is 1.22. The molecule has 3 heteroatoms. The van der Waals surface area contributed by atoms with E-state index in [1.165, 1.54) is 29.6 Å². The maximum Gasteiger partial charge on any atom is 0.208 e. The molecule has 2 rings (SSSR count). The molecule has 0 amide bonds. The summed E-state index contributed by atoms with van der Waals surface area (Å²) in [6.45, 7) is 2.99. The first-order chi connectivity index (χ1) is 8.36. The predicted octanol–water partition coefficient (Wildman–Crippen LogP) is 2.44. The molecule has 0 spiro atoms. The minimum Gasteiger partial charge on any atom is -0.415 e. The van der Waals surface area contributed by atoms with Crippen molar-refractivity contribution in [1.82, 2.24) is 0 Å². The Labute approximate surface area is 105 Å². The van der Waals surface area contributed by atoms with Gasteiger partial charge in [0.1, 0.15) is 0 Å². The first kappa shape index (κ1) is 12.3. The fraction of sp³-hybridized carbons (Fsp3) is 0.500. The molecule has 17 heavy (non-hydrogen) atoms. The van der Waals surface area contributed by atoms with E-state index in [2.05, 4.69) is 31.2 Å². The van der Waals surface area contributed by atoms with Crippen molar-refractivity contribution < 1.29 is 4.43 Å². The van der Waals surface area contributed by atoms with Crippen molar-refractivity contribution in [3.8, 4) is 6.07 Å². The van der Waals surface area contributed by atoms with Crippen molar-refractivity contribution in [2.75, 3.05) is 6.61 Å². The van der Waals surface area contributed by atoms with Crippen LogP contribution < -0.4 is 5.19 Å². The van der Waals surface area contributed by atoms with Crippen LogP contribution in [-0.2, 0) is 4.43 Å². The highest BCUT2D eigenvalue weighted by Crippen LogP contribution is 2.20. The van der Waals surface area contributed by atoms with Crippen LogP contribution in [0.5, 0.6) is 0 Å². The third-order valence-electron chi connectivity index (χ3n) is 3.46. The molecule has 1 fully saturated rings. The monoisotopic (exact) mass is 245 g/mol. The van der Waals surface area contributed by atoms with Gasteiger partial charge >= 0.3 is 0 Å². The van der Waals surface area contributed by atoms with Crippen molar-refractivity contribution in [1.29, 1.82) is 5.26 Å². The van der Waals surface area contributed by atoms with Gasteiger partial charge in [-0.1, -0.05) is 37.6 Å². The maximum absolute atomic E-state index is 9.23. The second-order valence-corrected chi connectivity index (χ2v) is 7.08. The molecule has 0 radical (unpaired) electrons. The number of hydrogen-bond acceptors (Lipinski definition) is 2. The van der Waals surface area contributed by atoms with Gasteiger partial charge in [-0.15, -0.1) is 0 Å². The van der Waals surface area contributed by atoms with Gasteiger partial charge in [0.05, 0.1) is 12.0 Å². The Bertz CT molecular complexity index is 407. The van der Waals surface area contributed by atoms with Crippen molar-refractivity contribution in [2.45, 2.75) is 38.1 Å². The normalized spacial score (nSPS) is 21.8. The Balaban J connectivity index is 2.29. The Morgan fingerprint density at radius 2 is 2.24 bits per heavy atom. The summed E-state index contributed by atoms with van der Waals surface area (Å²) in [7, 11) is -1.26. The molecule has 2 atom stereocenters. The quantitative estimate of drug-likeness (QED) is 0.766. The summed E-state index contributed by atoms with van der Waals surface area (Å²) in [4.78, 5) is 0. The van der Waals surface area contributed by atoms with Crippen LogP contribution in [0, 0.1) is 11.3 Å². The van der Waals surface area contributed by atoms with Gasteiger partial charge in [-0.05, 0) is 29.6 Å². The Hall–Kier alpha value is -1.11. The van der Waals surface area contributed by atoms with Gasteiger partial charge in [0.25, 0.3) is 0 Å². The summed E-state index contributed by atoms with van der Waals surface area (Å²) in [6, 6.07) is 12.0. The van der Waals surface area contributed by atoms with Crippen molar-refractivity contribution in [2.24, 2.45) is 0 Å². The van der Waals surface area contributed by atoms with E-state index in [1.807, 2.05) is 6.07 Å². The number of hydrogen-bond donors (Lipinski definition) is 0. The van der Waals surface area contributed by atoms with Gasteiger partial charge in [-0.3, -0.25) is 0 Å². The highest BCUT2D eigenvalue weighted by atomic mass is 28.3. The van der Waals surface area contributed by atoms with E-state index in [0.717, 1.165) is 13.0 Å². The van der Waals surface area contributed by atoms with Crippen LogP contribution in [0.1, 0.15) is 37.7 Å². The second kappa shape index (κ2) is 5.99. The minimum atomic E-state index is -1.26. The molecule has 1 aromatic carbocycles. The van der Waals surface area contributed by atoms with Crippen LogP contribution in [0.25, 0.3) is 0 Å². The maximum atomic E-state index is 9.23. The van der Waals surface area contributed by atoms with E-state index in [0.29, 0.717) is 0 Å². The van der Waals surface area contributed by atoms with Crippen LogP contribution >= 0.6 is 0 Å².